The monoisotopic (exact) mass is 291 g/mol. The zero-order valence-electron chi connectivity index (χ0n) is 8.93. The average Bonchev–Trinajstić information content (AvgIpc) is 2.32. The van der Waals surface area contributed by atoms with E-state index in [4.69, 9.17) is 5.11 Å². The zero-order chi connectivity index (χ0) is 12.3. The van der Waals surface area contributed by atoms with Crippen LogP contribution in [0.3, 0.4) is 0 Å². The van der Waals surface area contributed by atoms with Gasteiger partial charge < -0.3 is 5.11 Å². The van der Waals surface area contributed by atoms with Crippen molar-refractivity contribution in [2.75, 3.05) is 0 Å². The first-order chi connectivity index (χ1) is 8.16. The standard InChI is InChI=1S/C13H10BrNO2/c14-11-2-1-10(12(8-11)13(16)17)7-9-3-5-15-6-4-9/h1-6,8H,7H2,(H,16,17). The molecule has 0 atom stereocenters. The molecule has 0 amide bonds. The fourth-order valence-electron chi connectivity index (χ4n) is 1.62. The first kappa shape index (κ1) is 11.8. The van der Waals surface area contributed by atoms with Gasteiger partial charge in [0.2, 0.25) is 0 Å². The topological polar surface area (TPSA) is 50.2 Å². The van der Waals surface area contributed by atoms with Gasteiger partial charge in [0.25, 0.3) is 0 Å². The maximum Gasteiger partial charge on any atom is 0.336 e. The van der Waals surface area contributed by atoms with Gasteiger partial charge in [-0.25, -0.2) is 4.79 Å². The second-order valence-corrected chi connectivity index (χ2v) is 4.55. The maximum absolute atomic E-state index is 11.1. The Labute approximate surface area is 107 Å². The van der Waals surface area contributed by atoms with Crippen molar-refractivity contribution < 1.29 is 9.90 Å². The van der Waals surface area contributed by atoms with Crippen LogP contribution in [0.15, 0.2) is 47.2 Å². The summed E-state index contributed by atoms with van der Waals surface area (Å²) in [6.45, 7) is 0. The number of nitrogens with zero attached hydrogens (tertiary/aromatic N) is 1. The van der Waals surface area contributed by atoms with Crippen LogP contribution in [0.2, 0.25) is 0 Å². The van der Waals surface area contributed by atoms with Gasteiger partial charge in [-0.2, -0.15) is 0 Å². The van der Waals surface area contributed by atoms with E-state index in [0.29, 0.717) is 12.0 Å². The highest BCUT2D eigenvalue weighted by Crippen LogP contribution is 2.19. The third-order valence-corrected chi connectivity index (χ3v) is 2.94. The highest BCUT2D eigenvalue weighted by Gasteiger charge is 2.10. The van der Waals surface area contributed by atoms with Gasteiger partial charge in [-0.1, -0.05) is 22.0 Å². The third-order valence-electron chi connectivity index (χ3n) is 2.45. The average molecular weight is 292 g/mol. The lowest BCUT2D eigenvalue weighted by atomic mass is 10.0. The number of benzene rings is 1. The zero-order valence-corrected chi connectivity index (χ0v) is 10.5. The quantitative estimate of drug-likeness (QED) is 0.945. The van der Waals surface area contributed by atoms with Crippen molar-refractivity contribution in [3.05, 3.63) is 63.9 Å². The Balaban J connectivity index is 2.36. The fourth-order valence-corrected chi connectivity index (χ4v) is 1.98. The lowest BCUT2D eigenvalue weighted by molar-refractivity contribution is 0.0696. The Bertz CT molecular complexity index is 540. The van der Waals surface area contributed by atoms with Crippen LogP contribution in [0, 0.1) is 0 Å². The SMILES string of the molecule is O=C(O)c1cc(Br)ccc1Cc1ccncc1. The summed E-state index contributed by atoms with van der Waals surface area (Å²) < 4.78 is 0.772. The summed E-state index contributed by atoms with van der Waals surface area (Å²) in [5, 5.41) is 9.13. The van der Waals surface area contributed by atoms with Crippen molar-refractivity contribution >= 4 is 21.9 Å². The first-order valence-electron chi connectivity index (χ1n) is 5.07. The summed E-state index contributed by atoms with van der Waals surface area (Å²) in [5.41, 5.74) is 2.17. The van der Waals surface area contributed by atoms with Crippen LogP contribution in [-0.4, -0.2) is 16.1 Å². The molecular formula is C13H10BrNO2. The van der Waals surface area contributed by atoms with Crippen molar-refractivity contribution in [2.45, 2.75) is 6.42 Å². The molecule has 0 aliphatic carbocycles. The minimum atomic E-state index is -0.907. The molecule has 2 rings (SSSR count). The largest absolute Gasteiger partial charge is 0.478 e. The molecular weight excluding hydrogens is 282 g/mol. The van der Waals surface area contributed by atoms with Gasteiger partial charge in [0.1, 0.15) is 0 Å². The molecule has 1 heterocycles. The van der Waals surface area contributed by atoms with E-state index in [1.54, 1.807) is 18.5 Å². The number of aromatic carboxylic acids is 1. The highest BCUT2D eigenvalue weighted by molar-refractivity contribution is 9.10. The Hall–Kier alpha value is -1.68. The maximum atomic E-state index is 11.1. The van der Waals surface area contributed by atoms with Gasteiger partial charge in [0, 0.05) is 16.9 Å². The molecule has 1 aromatic heterocycles. The van der Waals surface area contributed by atoms with Gasteiger partial charge in [-0.3, -0.25) is 4.98 Å². The predicted molar refractivity (Wildman–Crippen MR) is 68.1 cm³/mol. The molecule has 0 aliphatic heterocycles. The Morgan fingerprint density at radius 2 is 1.94 bits per heavy atom. The summed E-state index contributed by atoms with van der Waals surface area (Å²) >= 11 is 3.28. The van der Waals surface area contributed by atoms with Crippen molar-refractivity contribution in [1.29, 1.82) is 0 Å². The number of carboxylic acid groups (broad SMARTS) is 1. The Kier molecular flexibility index (Phi) is 3.54. The van der Waals surface area contributed by atoms with Gasteiger partial charge in [-0.15, -0.1) is 0 Å². The molecule has 0 bridgehead atoms. The van der Waals surface area contributed by atoms with Gasteiger partial charge in [-0.05, 0) is 41.8 Å². The number of aromatic nitrogens is 1. The molecule has 1 aromatic carbocycles. The highest BCUT2D eigenvalue weighted by atomic mass is 79.9. The lowest BCUT2D eigenvalue weighted by Crippen LogP contribution is -2.03. The van der Waals surface area contributed by atoms with Crippen LogP contribution in [-0.2, 0) is 6.42 Å². The number of rotatable bonds is 3. The van der Waals surface area contributed by atoms with Gasteiger partial charge in [0.05, 0.1) is 5.56 Å². The van der Waals surface area contributed by atoms with Gasteiger partial charge in [0.15, 0.2) is 0 Å². The molecule has 3 nitrogen and oxygen atoms in total. The molecule has 0 unspecified atom stereocenters. The van der Waals surface area contributed by atoms with Crippen LogP contribution >= 0.6 is 15.9 Å². The normalized spacial score (nSPS) is 10.2. The van der Waals surface area contributed by atoms with E-state index < -0.39 is 5.97 Å². The number of hydrogen-bond acceptors (Lipinski definition) is 2. The van der Waals surface area contributed by atoms with E-state index in [1.165, 1.54) is 0 Å². The molecule has 1 N–H and O–H groups in total. The molecule has 0 saturated heterocycles. The molecule has 86 valence electrons. The Morgan fingerprint density at radius 1 is 1.24 bits per heavy atom. The van der Waals surface area contributed by atoms with Crippen LogP contribution < -0.4 is 0 Å². The molecule has 17 heavy (non-hydrogen) atoms. The van der Waals surface area contributed by atoms with E-state index in [9.17, 15) is 4.79 Å². The molecule has 0 spiro atoms. The van der Waals surface area contributed by atoms with E-state index in [0.717, 1.165) is 15.6 Å². The van der Waals surface area contributed by atoms with Crippen LogP contribution in [0.5, 0.6) is 0 Å². The summed E-state index contributed by atoms with van der Waals surface area (Å²) in [7, 11) is 0. The molecule has 4 heteroatoms. The summed E-state index contributed by atoms with van der Waals surface area (Å²) in [6.07, 6.45) is 4.00. The molecule has 0 saturated carbocycles. The van der Waals surface area contributed by atoms with E-state index >= 15 is 0 Å². The number of halogens is 1. The molecule has 0 fully saturated rings. The predicted octanol–water partition coefficient (Wildman–Crippen LogP) is 3.13. The number of carbonyl (C=O) groups is 1. The van der Waals surface area contributed by atoms with Crippen molar-refractivity contribution in [1.82, 2.24) is 4.98 Å². The number of hydrogen-bond donors (Lipinski definition) is 1. The molecule has 0 radical (unpaired) electrons. The summed E-state index contributed by atoms with van der Waals surface area (Å²) in [4.78, 5) is 15.1. The fraction of sp³-hybridized carbons (Fsp3) is 0.0769. The van der Waals surface area contributed by atoms with Crippen LogP contribution in [0.1, 0.15) is 21.5 Å². The number of carboxylic acids is 1. The van der Waals surface area contributed by atoms with Gasteiger partial charge >= 0.3 is 5.97 Å². The molecule has 0 aliphatic rings. The van der Waals surface area contributed by atoms with Crippen LogP contribution in [0.25, 0.3) is 0 Å². The van der Waals surface area contributed by atoms with E-state index in [-0.39, 0.29) is 0 Å². The molecule has 2 aromatic rings. The first-order valence-corrected chi connectivity index (χ1v) is 5.87. The summed E-state index contributed by atoms with van der Waals surface area (Å²) in [5.74, 6) is -0.907. The minimum Gasteiger partial charge on any atom is -0.478 e. The van der Waals surface area contributed by atoms with Crippen molar-refractivity contribution in [3.63, 3.8) is 0 Å². The van der Waals surface area contributed by atoms with Crippen LogP contribution in [0.4, 0.5) is 0 Å². The second-order valence-electron chi connectivity index (χ2n) is 3.64. The minimum absolute atomic E-state index is 0.330. The number of pyridine rings is 1. The van der Waals surface area contributed by atoms with Crippen molar-refractivity contribution in [3.8, 4) is 0 Å². The van der Waals surface area contributed by atoms with Crippen molar-refractivity contribution in [2.24, 2.45) is 0 Å². The second kappa shape index (κ2) is 5.10. The smallest absolute Gasteiger partial charge is 0.336 e. The Morgan fingerprint density at radius 3 is 2.59 bits per heavy atom. The third kappa shape index (κ3) is 2.91. The lowest BCUT2D eigenvalue weighted by Gasteiger charge is -2.06. The van der Waals surface area contributed by atoms with E-state index in [1.807, 2.05) is 24.3 Å². The summed E-state index contributed by atoms with van der Waals surface area (Å²) in [6, 6.07) is 9.07. The van der Waals surface area contributed by atoms with E-state index in [2.05, 4.69) is 20.9 Å².